The summed E-state index contributed by atoms with van der Waals surface area (Å²) in [4.78, 5) is 12.7. The Hall–Kier alpha value is -3.66. The Balaban J connectivity index is 1.30. The molecule has 3 aromatic heterocycles. The molecule has 0 bridgehead atoms. The molecule has 4 N–H and O–H groups in total. The number of anilines is 2. The Morgan fingerprint density at radius 3 is 2.53 bits per heavy atom. The van der Waals surface area contributed by atoms with Crippen LogP contribution in [0.5, 0.6) is 0 Å². The number of aromatic nitrogens is 6. The van der Waals surface area contributed by atoms with E-state index in [0.29, 0.717) is 28.6 Å². The first-order valence-corrected chi connectivity index (χ1v) is 13.5. The van der Waals surface area contributed by atoms with Crippen LogP contribution in [0.4, 0.5) is 11.5 Å². The number of ether oxygens (including phenoxy) is 1. The average molecular weight is 545 g/mol. The topological polar surface area (TPSA) is 190 Å². The van der Waals surface area contributed by atoms with E-state index in [1.165, 1.54) is 17.2 Å². The SMILES string of the molecule is CC(C)(C)c1nnc([C@H]2O[C@@H](n3cnc4c(NCCS(=O)(=O)Nc5ccccc5)ncnc43)[C@H](O)[C@@H]2O)o1. The number of aliphatic hydroxyl groups excluding tert-OH is 2. The lowest BCUT2D eigenvalue weighted by Crippen LogP contribution is -2.29. The van der Waals surface area contributed by atoms with E-state index in [2.05, 4.69) is 35.2 Å². The molecule has 0 spiro atoms. The molecule has 38 heavy (non-hydrogen) atoms. The highest BCUT2D eigenvalue weighted by molar-refractivity contribution is 7.92. The summed E-state index contributed by atoms with van der Waals surface area (Å²) in [6.45, 7) is 5.78. The quantitative estimate of drug-likeness (QED) is 0.249. The van der Waals surface area contributed by atoms with Crippen LogP contribution in [0.25, 0.3) is 11.2 Å². The Morgan fingerprint density at radius 1 is 1.05 bits per heavy atom. The van der Waals surface area contributed by atoms with E-state index in [4.69, 9.17) is 9.15 Å². The Bertz CT molecular complexity index is 1520. The highest BCUT2D eigenvalue weighted by atomic mass is 32.2. The van der Waals surface area contributed by atoms with Gasteiger partial charge in [0.15, 0.2) is 29.3 Å². The van der Waals surface area contributed by atoms with Gasteiger partial charge < -0.3 is 24.7 Å². The molecule has 4 atom stereocenters. The third-order valence-corrected chi connectivity index (χ3v) is 7.20. The molecular weight excluding hydrogens is 516 g/mol. The van der Waals surface area contributed by atoms with E-state index in [1.54, 1.807) is 30.3 Å². The Kier molecular flexibility index (Phi) is 6.77. The predicted molar refractivity (Wildman–Crippen MR) is 136 cm³/mol. The molecule has 14 nitrogen and oxygen atoms in total. The number of nitrogens with zero attached hydrogens (tertiary/aromatic N) is 6. The van der Waals surface area contributed by atoms with E-state index in [1.807, 2.05) is 20.8 Å². The molecule has 1 fully saturated rings. The van der Waals surface area contributed by atoms with Crippen LogP contribution in [0.1, 0.15) is 44.9 Å². The van der Waals surface area contributed by atoms with Crippen LogP contribution in [0, 0.1) is 0 Å². The molecule has 202 valence electrons. The lowest BCUT2D eigenvalue weighted by molar-refractivity contribution is -0.0441. The van der Waals surface area contributed by atoms with Crippen LogP contribution >= 0.6 is 0 Å². The fourth-order valence-corrected chi connectivity index (χ4v) is 4.92. The van der Waals surface area contributed by atoms with Gasteiger partial charge in [0, 0.05) is 17.6 Å². The first-order valence-electron chi connectivity index (χ1n) is 11.9. The molecule has 1 aliphatic heterocycles. The second kappa shape index (κ2) is 9.90. The molecule has 1 saturated heterocycles. The van der Waals surface area contributed by atoms with Crippen molar-refractivity contribution in [1.82, 2.24) is 29.7 Å². The minimum absolute atomic E-state index is 0.0516. The summed E-state index contributed by atoms with van der Waals surface area (Å²) >= 11 is 0. The van der Waals surface area contributed by atoms with Crippen LogP contribution in [0.3, 0.4) is 0 Å². The van der Waals surface area contributed by atoms with Crippen molar-refractivity contribution in [3.05, 3.63) is 54.8 Å². The van der Waals surface area contributed by atoms with Crippen molar-refractivity contribution in [3.63, 3.8) is 0 Å². The van der Waals surface area contributed by atoms with Gasteiger partial charge in [-0.05, 0) is 12.1 Å². The van der Waals surface area contributed by atoms with Gasteiger partial charge >= 0.3 is 0 Å². The number of sulfonamides is 1. The molecule has 1 aliphatic rings. The highest BCUT2D eigenvalue weighted by Crippen LogP contribution is 2.40. The summed E-state index contributed by atoms with van der Waals surface area (Å²) in [6, 6.07) is 8.59. The number of benzene rings is 1. The third-order valence-electron chi connectivity index (χ3n) is 5.91. The molecule has 0 radical (unpaired) electrons. The third kappa shape index (κ3) is 5.18. The van der Waals surface area contributed by atoms with Crippen molar-refractivity contribution >= 4 is 32.7 Å². The Labute approximate surface area is 218 Å². The maximum absolute atomic E-state index is 12.4. The molecule has 0 saturated carbocycles. The maximum atomic E-state index is 12.4. The van der Waals surface area contributed by atoms with E-state index < -0.39 is 40.0 Å². The van der Waals surface area contributed by atoms with Crippen LogP contribution < -0.4 is 10.0 Å². The number of para-hydroxylation sites is 1. The number of fused-ring (bicyclic) bond motifs is 1. The van der Waals surface area contributed by atoms with Gasteiger partial charge in [-0.15, -0.1) is 10.2 Å². The minimum Gasteiger partial charge on any atom is -0.422 e. The molecule has 5 rings (SSSR count). The van der Waals surface area contributed by atoms with E-state index in [-0.39, 0.29) is 18.2 Å². The van der Waals surface area contributed by atoms with Crippen LogP contribution in [0.15, 0.2) is 47.4 Å². The zero-order valence-electron chi connectivity index (χ0n) is 20.9. The molecule has 4 heterocycles. The number of imidazole rings is 1. The number of nitrogens with one attached hydrogen (secondary N) is 2. The fourth-order valence-electron chi connectivity index (χ4n) is 3.95. The molecular formula is C23H28N8O6S. The van der Waals surface area contributed by atoms with Gasteiger partial charge in [-0.25, -0.2) is 23.4 Å². The monoisotopic (exact) mass is 544 g/mol. The summed E-state index contributed by atoms with van der Waals surface area (Å²) in [6.07, 6.45) is -2.12. The zero-order chi connectivity index (χ0) is 27.1. The minimum atomic E-state index is -3.60. The summed E-state index contributed by atoms with van der Waals surface area (Å²) in [5.41, 5.74) is 0.722. The van der Waals surface area contributed by atoms with Gasteiger partial charge in [-0.2, -0.15) is 0 Å². The maximum Gasteiger partial charge on any atom is 0.248 e. The van der Waals surface area contributed by atoms with Gasteiger partial charge in [0.25, 0.3) is 0 Å². The van der Waals surface area contributed by atoms with E-state index in [9.17, 15) is 18.6 Å². The summed E-state index contributed by atoms with van der Waals surface area (Å²) in [7, 11) is -3.60. The predicted octanol–water partition coefficient (Wildman–Crippen LogP) is 1.35. The van der Waals surface area contributed by atoms with Gasteiger partial charge in [-0.1, -0.05) is 39.0 Å². The average Bonchev–Trinajstić information content (AvgIpc) is 3.58. The van der Waals surface area contributed by atoms with Crippen molar-refractivity contribution in [1.29, 1.82) is 0 Å². The largest absolute Gasteiger partial charge is 0.422 e. The van der Waals surface area contributed by atoms with Crippen LogP contribution in [-0.4, -0.2) is 72.9 Å². The van der Waals surface area contributed by atoms with Gasteiger partial charge in [0.05, 0.1) is 12.1 Å². The van der Waals surface area contributed by atoms with E-state index in [0.717, 1.165) is 0 Å². The highest BCUT2D eigenvalue weighted by Gasteiger charge is 2.48. The van der Waals surface area contributed by atoms with Crippen LogP contribution in [0.2, 0.25) is 0 Å². The zero-order valence-corrected chi connectivity index (χ0v) is 21.7. The summed E-state index contributed by atoms with van der Waals surface area (Å²) in [5, 5.41) is 32.4. The second-order valence-electron chi connectivity index (χ2n) is 9.88. The summed E-state index contributed by atoms with van der Waals surface area (Å²) in [5.74, 6) is 0.516. The Morgan fingerprint density at radius 2 is 1.82 bits per heavy atom. The first-order chi connectivity index (χ1) is 18.0. The number of rotatable bonds is 8. The summed E-state index contributed by atoms with van der Waals surface area (Å²) < 4.78 is 40.4. The number of aliphatic hydroxyl groups is 2. The standard InChI is InChI=1S/C23H28N8O6S/c1-23(2,3)22-29-28-20(37-22)17-15(32)16(33)21(36-17)31-12-27-14-18(25-11-26-19(14)31)24-9-10-38(34,35)30-13-7-5-4-6-8-13/h4-8,11-12,15-17,21,30,32-33H,9-10H2,1-3H3,(H,24,25,26)/t15-,16+,17-,21+/m0/s1. The van der Waals surface area contributed by atoms with Crippen molar-refractivity contribution < 1.29 is 27.8 Å². The van der Waals surface area contributed by atoms with Crippen molar-refractivity contribution in [3.8, 4) is 0 Å². The lowest BCUT2D eigenvalue weighted by Gasteiger charge is -2.16. The second-order valence-corrected chi connectivity index (χ2v) is 11.7. The molecule has 0 aliphatic carbocycles. The van der Waals surface area contributed by atoms with Crippen molar-refractivity contribution in [2.24, 2.45) is 0 Å². The fraction of sp³-hybridized carbons (Fsp3) is 0.435. The van der Waals surface area contributed by atoms with Gasteiger partial charge in [0.1, 0.15) is 18.5 Å². The normalized spacial score (nSPS) is 22.1. The number of hydrogen-bond acceptors (Lipinski definition) is 12. The molecule has 15 heteroatoms. The van der Waals surface area contributed by atoms with E-state index >= 15 is 0 Å². The first kappa shape index (κ1) is 26.0. The molecule has 0 unspecified atom stereocenters. The lowest BCUT2D eigenvalue weighted by atomic mass is 9.97. The number of hydrogen-bond donors (Lipinski definition) is 4. The molecule has 1 aromatic carbocycles. The molecule has 4 aromatic rings. The van der Waals surface area contributed by atoms with Gasteiger partial charge in [-0.3, -0.25) is 9.29 Å². The molecule has 0 amide bonds. The smallest absolute Gasteiger partial charge is 0.248 e. The van der Waals surface area contributed by atoms with Gasteiger partial charge in [0.2, 0.25) is 21.8 Å². The van der Waals surface area contributed by atoms with Crippen molar-refractivity contribution in [2.45, 2.75) is 50.7 Å². The van der Waals surface area contributed by atoms with Crippen LogP contribution in [-0.2, 0) is 20.2 Å². The van der Waals surface area contributed by atoms with Crippen molar-refractivity contribution in [2.75, 3.05) is 22.3 Å².